The van der Waals surface area contributed by atoms with Crippen LogP contribution in [0.3, 0.4) is 0 Å². The Morgan fingerprint density at radius 3 is 2.62 bits per heavy atom. The average molecular weight is 570 g/mol. The van der Waals surface area contributed by atoms with Crippen molar-refractivity contribution >= 4 is 38.2 Å². The van der Waals surface area contributed by atoms with Gasteiger partial charge in [0.1, 0.15) is 23.3 Å². The summed E-state index contributed by atoms with van der Waals surface area (Å²) < 4.78 is 44.8. The minimum absolute atomic E-state index is 0.188. The van der Waals surface area contributed by atoms with Gasteiger partial charge in [0.2, 0.25) is 10.0 Å². The van der Waals surface area contributed by atoms with Gasteiger partial charge in [-0.05, 0) is 25.0 Å². The predicted octanol–water partition coefficient (Wildman–Crippen LogP) is 2.73. The summed E-state index contributed by atoms with van der Waals surface area (Å²) in [6.45, 7) is 5.28. The highest BCUT2D eigenvalue weighted by molar-refractivity contribution is 7.89. The van der Waals surface area contributed by atoms with Gasteiger partial charge in [-0.2, -0.15) is 9.57 Å². The molecule has 0 saturated carbocycles. The summed E-state index contributed by atoms with van der Waals surface area (Å²) in [6.07, 6.45) is 3.22. The monoisotopic (exact) mass is 569 g/mol. The normalized spacial score (nSPS) is 17.5. The molecule has 2 aromatic heterocycles. The number of anilines is 3. The summed E-state index contributed by atoms with van der Waals surface area (Å²) >= 11 is 0. The third-order valence-electron chi connectivity index (χ3n) is 7.44. The molecular formula is C27H35N7O5S. The molecule has 5 rings (SSSR count). The molecule has 40 heavy (non-hydrogen) atoms. The van der Waals surface area contributed by atoms with Crippen molar-refractivity contribution in [2.75, 3.05) is 77.4 Å². The van der Waals surface area contributed by atoms with Gasteiger partial charge in [-0.25, -0.2) is 13.4 Å². The maximum Gasteiger partial charge on any atom is 0.243 e. The summed E-state index contributed by atoms with van der Waals surface area (Å²) in [5, 5.41) is 16.7. The lowest BCUT2D eigenvalue weighted by atomic mass is 10.0. The average Bonchev–Trinajstić information content (AvgIpc) is 3.41. The second-order valence-corrected chi connectivity index (χ2v) is 11.7. The van der Waals surface area contributed by atoms with E-state index in [1.807, 2.05) is 0 Å². The number of nitrogens with zero attached hydrogens (tertiary/aromatic N) is 4. The van der Waals surface area contributed by atoms with Crippen molar-refractivity contribution in [3.05, 3.63) is 36.0 Å². The molecule has 0 spiro atoms. The van der Waals surface area contributed by atoms with E-state index in [4.69, 9.17) is 14.2 Å². The molecular weight excluding hydrogens is 534 g/mol. The van der Waals surface area contributed by atoms with Crippen LogP contribution in [0.2, 0.25) is 0 Å². The summed E-state index contributed by atoms with van der Waals surface area (Å²) in [5.74, 6) is 0.877. The first-order chi connectivity index (χ1) is 19.4. The van der Waals surface area contributed by atoms with E-state index in [1.54, 1.807) is 41.9 Å². The minimum Gasteiger partial charge on any atom is -0.495 e. The highest BCUT2D eigenvalue weighted by atomic mass is 32.2. The zero-order chi connectivity index (χ0) is 28.1. The zero-order valence-corrected chi connectivity index (χ0v) is 23.6. The molecule has 2 fully saturated rings. The Morgan fingerprint density at radius 1 is 1.15 bits per heavy atom. The number of pyridine rings is 1. The molecule has 12 nitrogen and oxygen atoms in total. The van der Waals surface area contributed by atoms with Gasteiger partial charge in [-0.1, -0.05) is 0 Å². The van der Waals surface area contributed by atoms with Gasteiger partial charge in [0, 0.05) is 64.2 Å². The number of hydrogen-bond donors (Lipinski definition) is 3. The number of fused-ring (bicyclic) bond motifs is 1. The van der Waals surface area contributed by atoms with Gasteiger partial charge in [0.25, 0.3) is 0 Å². The Labute approximate surface area is 234 Å². The molecule has 0 bridgehead atoms. The molecule has 0 radical (unpaired) electrons. The highest BCUT2D eigenvalue weighted by Gasteiger charge is 2.32. The van der Waals surface area contributed by atoms with Gasteiger partial charge in [-0.15, -0.1) is 0 Å². The van der Waals surface area contributed by atoms with Gasteiger partial charge < -0.3 is 29.8 Å². The van der Waals surface area contributed by atoms with E-state index in [1.165, 1.54) is 7.11 Å². The van der Waals surface area contributed by atoms with Gasteiger partial charge in [-0.3, -0.25) is 4.90 Å². The molecule has 1 aromatic carbocycles. The largest absolute Gasteiger partial charge is 0.495 e. The maximum atomic E-state index is 13.5. The molecule has 2 aliphatic rings. The Morgan fingerprint density at radius 2 is 1.93 bits per heavy atom. The van der Waals surface area contributed by atoms with E-state index in [9.17, 15) is 13.7 Å². The fourth-order valence-electron chi connectivity index (χ4n) is 5.33. The molecule has 0 unspecified atom stereocenters. The first-order valence-corrected chi connectivity index (χ1v) is 14.8. The Hall–Kier alpha value is -3.41. The summed E-state index contributed by atoms with van der Waals surface area (Å²) in [7, 11) is -0.552. The number of aromatic amines is 1. The standard InChI is InChI=1S/C27H35N7O5S/c1-37-12-7-29-23-16-25(32-27-26(23)19(17-28)18-30-27)31-22-4-3-21(15-24(22)38-2)40(35,36)34-8-5-20(6-9-34)33-10-13-39-14-11-33/h3-4,15-16,18,20H,5-14H2,1-2H3,(H3,29,30,31,32). The number of nitriles is 1. The number of benzene rings is 1. The van der Waals surface area contributed by atoms with E-state index in [0.717, 1.165) is 44.8 Å². The fraction of sp³-hybridized carbons (Fsp3) is 0.481. The zero-order valence-electron chi connectivity index (χ0n) is 22.8. The SMILES string of the molecule is COCCNc1cc(Nc2ccc(S(=O)(=O)N3CCC(N4CCOCC4)CC3)cc2OC)nc2[nH]cc(C#N)c12. The lowest BCUT2D eigenvalue weighted by Gasteiger charge is -2.39. The number of sulfonamides is 1. The second-order valence-electron chi connectivity index (χ2n) is 9.78. The van der Waals surface area contributed by atoms with E-state index < -0.39 is 10.0 Å². The van der Waals surface area contributed by atoms with E-state index in [2.05, 4.69) is 31.6 Å². The highest BCUT2D eigenvalue weighted by Crippen LogP contribution is 2.34. The van der Waals surface area contributed by atoms with Crippen molar-refractivity contribution in [3.63, 3.8) is 0 Å². The number of piperidine rings is 1. The van der Waals surface area contributed by atoms with Crippen LogP contribution in [0.5, 0.6) is 5.75 Å². The van der Waals surface area contributed by atoms with Crippen LogP contribution < -0.4 is 15.4 Å². The smallest absolute Gasteiger partial charge is 0.243 e. The summed E-state index contributed by atoms with van der Waals surface area (Å²) in [6, 6.07) is 9.19. The van der Waals surface area contributed by atoms with Crippen LogP contribution in [-0.4, -0.2) is 100 Å². The van der Waals surface area contributed by atoms with Crippen LogP contribution in [-0.2, 0) is 19.5 Å². The molecule has 214 valence electrons. The number of nitrogens with one attached hydrogen (secondary N) is 3. The van der Waals surface area contributed by atoms with Crippen LogP contribution in [0.1, 0.15) is 18.4 Å². The molecule has 0 aliphatic carbocycles. The molecule has 3 N–H and O–H groups in total. The minimum atomic E-state index is -3.68. The van der Waals surface area contributed by atoms with Crippen LogP contribution in [0, 0.1) is 11.3 Å². The van der Waals surface area contributed by atoms with E-state index in [0.29, 0.717) is 66.1 Å². The first kappa shape index (κ1) is 28.1. The molecule has 2 aliphatic heterocycles. The van der Waals surface area contributed by atoms with Gasteiger partial charge in [0.15, 0.2) is 0 Å². The van der Waals surface area contributed by atoms with Crippen molar-refractivity contribution in [1.82, 2.24) is 19.2 Å². The number of morpholine rings is 1. The van der Waals surface area contributed by atoms with Crippen LogP contribution in [0.4, 0.5) is 17.2 Å². The van der Waals surface area contributed by atoms with Crippen LogP contribution in [0.15, 0.2) is 35.4 Å². The van der Waals surface area contributed by atoms with Crippen molar-refractivity contribution in [1.29, 1.82) is 5.26 Å². The Balaban J connectivity index is 1.34. The number of ether oxygens (including phenoxy) is 3. The van der Waals surface area contributed by atoms with Gasteiger partial charge in [0.05, 0.1) is 54.2 Å². The fourth-order valence-corrected chi connectivity index (χ4v) is 6.81. The van der Waals surface area contributed by atoms with Crippen molar-refractivity contribution in [2.24, 2.45) is 0 Å². The van der Waals surface area contributed by atoms with Crippen molar-refractivity contribution < 1.29 is 22.6 Å². The Kier molecular flexibility index (Phi) is 8.72. The second kappa shape index (κ2) is 12.4. The van der Waals surface area contributed by atoms with E-state index >= 15 is 0 Å². The number of methoxy groups -OCH3 is 2. The Bertz CT molecular complexity index is 1470. The maximum absolute atomic E-state index is 13.5. The topological polar surface area (TPSA) is 145 Å². The third-order valence-corrected chi connectivity index (χ3v) is 9.34. The molecule has 0 atom stereocenters. The third kappa shape index (κ3) is 5.86. The molecule has 13 heteroatoms. The number of hydrogen-bond acceptors (Lipinski definition) is 10. The van der Waals surface area contributed by atoms with Gasteiger partial charge >= 0.3 is 0 Å². The van der Waals surface area contributed by atoms with E-state index in [-0.39, 0.29) is 4.90 Å². The first-order valence-electron chi connectivity index (χ1n) is 13.4. The van der Waals surface area contributed by atoms with Crippen LogP contribution >= 0.6 is 0 Å². The molecule has 0 amide bonds. The number of aromatic nitrogens is 2. The van der Waals surface area contributed by atoms with Crippen molar-refractivity contribution in [3.8, 4) is 11.8 Å². The number of rotatable bonds is 10. The molecule has 4 heterocycles. The predicted molar refractivity (Wildman–Crippen MR) is 152 cm³/mol. The van der Waals surface area contributed by atoms with Crippen LogP contribution in [0.25, 0.3) is 11.0 Å². The number of H-pyrrole nitrogens is 1. The quantitative estimate of drug-likeness (QED) is 0.312. The lowest BCUT2D eigenvalue weighted by Crippen LogP contribution is -2.50. The summed E-state index contributed by atoms with van der Waals surface area (Å²) in [5.41, 5.74) is 2.31. The summed E-state index contributed by atoms with van der Waals surface area (Å²) in [4.78, 5) is 10.3. The molecule has 2 saturated heterocycles. The lowest BCUT2D eigenvalue weighted by molar-refractivity contribution is 0.00610. The van der Waals surface area contributed by atoms with Crippen molar-refractivity contribution in [2.45, 2.75) is 23.8 Å². The molecule has 3 aromatic rings.